The van der Waals surface area contributed by atoms with E-state index in [9.17, 15) is 4.79 Å². The second-order valence-electron chi connectivity index (χ2n) is 5.90. The zero-order valence-electron chi connectivity index (χ0n) is 14.7. The van der Waals surface area contributed by atoms with Crippen molar-refractivity contribution >= 4 is 34.8 Å². The summed E-state index contributed by atoms with van der Waals surface area (Å²) in [6, 6.07) is 16.2. The predicted molar refractivity (Wildman–Crippen MR) is 109 cm³/mol. The minimum atomic E-state index is -0.142. The monoisotopic (exact) mass is 400 g/mol. The summed E-state index contributed by atoms with van der Waals surface area (Å²) in [5, 5.41) is 3.98. The number of aryl methyl sites for hydroxylation is 1. The van der Waals surface area contributed by atoms with E-state index in [1.807, 2.05) is 31.2 Å². The van der Waals surface area contributed by atoms with Gasteiger partial charge in [-0.05, 0) is 54.4 Å². The zero-order chi connectivity index (χ0) is 19.2. The van der Waals surface area contributed by atoms with Crippen molar-refractivity contribution in [2.24, 2.45) is 0 Å². The van der Waals surface area contributed by atoms with E-state index in [4.69, 9.17) is 27.9 Å². The lowest BCUT2D eigenvalue weighted by molar-refractivity contribution is -0.115. The first-order valence-corrected chi connectivity index (χ1v) is 9.26. The summed E-state index contributed by atoms with van der Waals surface area (Å²) in [5.74, 6) is 1.24. The van der Waals surface area contributed by atoms with Gasteiger partial charge in [-0.3, -0.25) is 9.78 Å². The lowest BCUT2D eigenvalue weighted by Crippen LogP contribution is -2.15. The highest BCUT2D eigenvalue weighted by molar-refractivity contribution is 6.34. The Labute approximate surface area is 168 Å². The summed E-state index contributed by atoms with van der Waals surface area (Å²) in [6.07, 6.45) is 2.59. The van der Waals surface area contributed by atoms with Crippen LogP contribution < -0.4 is 10.1 Å². The van der Waals surface area contributed by atoms with E-state index >= 15 is 0 Å². The number of anilines is 1. The number of nitrogens with one attached hydrogen (secondary N) is 1. The molecule has 0 aliphatic carbocycles. The fourth-order valence-electron chi connectivity index (χ4n) is 2.52. The maximum Gasteiger partial charge on any atom is 0.228 e. The van der Waals surface area contributed by atoms with Crippen molar-refractivity contribution in [1.29, 1.82) is 0 Å². The molecular formula is C21H18Cl2N2O2. The number of hydrogen-bond donors (Lipinski definition) is 1. The van der Waals surface area contributed by atoms with Gasteiger partial charge >= 0.3 is 0 Å². The summed E-state index contributed by atoms with van der Waals surface area (Å²) in [4.78, 5) is 16.5. The Bertz CT molecular complexity index is 926. The van der Waals surface area contributed by atoms with Crippen molar-refractivity contribution in [3.05, 3.63) is 82.1 Å². The minimum absolute atomic E-state index is 0.142. The average Bonchev–Trinajstić information content (AvgIpc) is 2.67. The Hall–Kier alpha value is -2.56. The number of halogens is 2. The highest BCUT2D eigenvalue weighted by atomic mass is 35.5. The molecule has 3 rings (SSSR count). The Balaban J connectivity index is 1.61. The van der Waals surface area contributed by atoms with Crippen LogP contribution in [0.15, 0.2) is 60.8 Å². The van der Waals surface area contributed by atoms with Crippen LogP contribution in [0.3, 0.4) is 0 Å². The Morgan fingerprint density at radius 3 is 2.26 bits per heavy atom. The molecule has 0 atom stereocenters. The molecule has 2 aromatic carbocycles. The van der Waals surface area contributed by atoms with Crippen molar-refractivity contribution in [1.82, 2.24) is 4.98 Å². The highest BCUT2D eigenvalue weighted by Gasteiger charge is 2.10. The number of nitrogens with zero attached hydrogens (tertiary/aromatic N) is 1. The third kappa shape index (κ3) is 5.22. The van der Waals surface area contributed by atoms with Crippen LogP contribution in [0.1, 0.15) is 18.2 Å². The summed E-state index contributed by atoms with van der Waals surface area (Å²) < 4.78 is 5.75. The molecule has 0 aliphatic heterocycles. The number of aromatic nitrogens is 1. The second-order valence-corrected chi connectivity index (χ2v) is 6.71. The summed E-state index contributed by atoms with van der Waals surface area (Å²) in [5.41, 5.74) is 2.21. The first-order valence-electron chi connectivity index (χ1n) is 8.50. The molecule has 3 aromatic rings. The molecule has 0 radical (unpaired) electrons. The first-order chi connectivity index (χ1) is 13.0. The van der Waals surface area contributed by atoms with Gasteiger partial charge in [0.15, 0.2) is 0 Å². The number of benzene rings is 2. The fraction of sp³-hybridized carbons (Fsp3) is 0.143. The molecule has 1 N–H and O–H groups in total. The minimum Gasteiger partial charge on any atom is -0.457 e. The van der Waals surface area contributed by atoms with Crippen LogP contribution in [-0.2, 0) is 17.6 Å². The number of hydrogen-bond acceptors (Lipinski definition) is 3. The number of rotatable bonds is 6. The quantitative estimate of drug-likeness (QED) is 0.558. The third-order valence-electron chi connectivity index (χ3n) is 3.91. The molecule has 6 heteroatoms. The van der Waals surface area contributed by atoms with Crippen LogP contribution in [0.4, 0.5) is 5.69 Å². The molecule has 27 heavy (non-hydrogen) atoms. The summed E-state index contributed by atoms with van der Waals surface area (Å²) in [6.45, 7) is 1.97. The van der Waals surface area contributed by atoms with Crippen molar-refractivity contribution in [3.8, 4) is 11.5 Å². The van der Waals surface area contributed by atoms with E-state index in [1.54, 1.807) is 36.5 Å². The van der Waals surface area contributed by atoms with Crippen LogP contribution in [0, 0.1) is 0 Å². The van der Waals surface area contributed by atoms with E-state index in [0.717, 1.165) is 11.3 Å². The van der Waals surface area contributed by atoms with Gasteiger partial charge < -0.3 is 10.1 Å². The van der Waals surface area contributed by atoms with Gasteiger partial charge in [-0.1, -0.05) is 42.3 Å². The highest BCUT2D eigenvalue weighted by Crippen LogP contribution is 2.25. The van der Waals surface area contributed by atoms with Gasteiger partial charge in [0.1, 0.15) is 11.5 Å². The second kappa shape index (κ2) is 8.89. The van der Waals surface area contributed by atoms with E-state index in [2.05, 4.69) is 10.3 Å². The molecule has 0 spiro atoms. The van der Waals surface area contributed by atoms with Crippen LogP contribution >= 0.6 is 23.2 Å². The molecular weight excluding hydrogens is 383 g/mol. The SMILES string of the molecule is CCc1nccc(NC(=O)Cc2ccc(Oc3ccc(Cl)cc3)cc2)c1Cl. The van der Waals surface area contributed by atoms with Gasteiger partial charge in [-0.2, -0.15) is 0 Å². The molecule has 138 valence electrons. The number of amides is 1. The van der Waals surface area contributed by atoms with Crippen molar-refractivity contribution in [2.75, 3.05) is 5.32 Å². The zero-order valence-corrected chi connectivity index (χ0v) is 16.2. The van der Waals surface area contributed by atoms with Gasteiger partial charge in [-0.15, -0.1) is 0 Å². The van der Waals surface area contributed by atoms with Gasteiger partial charge in [0.2, 0.25) is 5.91 Å². The van der Waals surface area contributed by atoms with Crippen LogP contribution in [0.5, 0.6) is 11.5 Å². The summed E-state index contributed by atoms with van der Waals surface area (Å²) in [7, 11) is 0. The molecule has 0 aliphatic rings. The molecule has 0 bridgehead atoms. The van der Waals surface area contributed by atoms with Crippen molar-refractivity contribution in [2.45, 2.75) is 19.8 Å². The standard InChI is InChI=1S/C21H18Cl2N2O2/c1-2-18-21(23)19(11-12-24-18)25-20(26)13-14-3-7-16(8-4-14)27-17-9-5-15(22)6-10-17/h3-12H,2,13H2,1H3,(H,24,25,26). The lowest BCUT2D eigenvalue weighted by atomic mass is 10.1. The van der Waals surface area contributed by atoms with E-state index < -0.39 is 0 Å². The Morgan fingerprint density at radius 2 is 1.63 bits per heavy atom. The molecule has 0 saturated heterocycles. The van der Waals surface area contributed by atoms with E-state index in [-0.39, 0.29) is 12.3 Å². The maximum absolute atomic E-state index is 12.3. The number of pyridine rings is 1. The van der Waals surface area contributed by atoms with Crippen LogP contribution in [0.2, 0.25) is 10.0 Å². The van der Waals surface area contributed by atoms with Crippen molar-refractivity contribution < 1.29 is 9.53 Å². The average molecular weight is 401 g/mol. The molecule has 4 nitrogen and oxygen atoms in total. The van der Waals surface area contributed by atoms with Gasteiger partial charge in [0.05, 0.1) is 22.8 Å². The smallest absolute Gasteiger partial charge is 0.228 e. The van der Waals surface area contributed by atoms with Crippen LogP contribution in [0.25, 0.3) is 0 Å². The number of carbonyl (C=O) groups excluding carboxylic acids is 1. The number of ether oxygens (including phenoxy) is 1. The largest absolute Gasteiger partial charge is 0.457 e. The molecule has 1 heterocycles. The van der Waals surface area contributed by atoms with Gasteiger partial charge in [0.25, 0.3) is 0 Å². The predicted octanol–water partition coefficient (Wildman–Crippen LogP) is 5.92. The van der Waals surface area contributed by atoms with E-state index in [0.29, 0.717) is 33.7 Å². The Morgan fingerprint density at radius 1 is 1.00 bits per heavy atom. The molecule has 1 aromatic heterocycles. The fourth-order valence-corrected chi connectivity index (χ4v) is 2.94. The maximum atomic E-state index is 12.3. The summed E-state index contributed by atoms with van der Waals surface area (Å²) >= 11 is 12.1. The molecule has 0 saturated carbocycles. The normalized spacial score (nSPS) is 10.5. The van der Waals surface area contributed by atoms with Crippen molar-refractivity contribution in [3.63, 3.8) is 0 Å². The van der Waals surface area contributed by atoms with Gasteiger partial charge in [-0.25, -0.2) is 0 Å². The molecule has 0 fully saturated rings. The number of carbonyl (C=O) groups is 1. The van der Waals surface area contributed by atoms with Crippen LogP contribution in [-0.4, -0.2) is 10.9 Å². The topological polar surface area (TPSA) is 51.2 Å². The first kappa shape index (κ1) is 19.2. The molecule has 0 unspecified atom stereocenters. The lowest BCUT2D eigenvalue weighted by Gasteiger charge is -2.10. The third-order valence-corrected chi connectivity index (χ3v) is 4.58. The Kier molecular flexibility index (Phi) is 6.32. The van der Waals surface area contributed by atoms with E-state index in [1.165, 1.54) is 0 Å². The van der Waals surface area contributed by atoms with Gasteiger partial charge in [0, 0.05) is 11.2 Å². The molecule has 1 amide bonds.